The molecule has 1 N–H and O–H groups in total. The lowest BCUT2D eigenvalue weighted by Crippen LogP contribution is -2.50. The minimum atomic E-state index is -3.03. The number of carbonyl (C=O) groups is 1. The molecule has 0 aromatic heterocycles. The first-order valence-electron chi connectivity index (χ1n) is 16.5. The monoisotopic (exact) mass is 731 g/mol. The van der Waals surface area contributed by atoms with Crippen molar-refractivity contribution < 1.29 is 37.1 Å². The standard InChI is InChI=1S/C41H33F3N4O4Si/c1-47(25-12-8-6-9-13-25)27-16-18-29-31(20-27)53(4,5)32-21-28(48(2)26-14-10-7-11-15-26)17-19-30(32)33(29)34-35(40(49)50)38(43)39(44)36(37(34)42)41(22-45,23-46)52-24-51-3/h6-21H,24H2,1-5H3/p+1. The van der Waals surface area contributed by atoms with Crippen molar-refractivity contribution in [2.45, 2.75) is 18.7 Å². The molecule has 0 amide bonds. The molecule has 0 saturated carbocycles. The summed E-state index contributed by atoms with van der Waals surface area (Å²) in [4.78, 5) is 14.8. The molecule has 6 rings (SSSR count). The second-order valence-corrected chi connectivity index (χ2v) is 17.4. The van der Waals surface area contributed by atoms with Crippen molar-refractivity contribution in [2.24, 2.45) is 0 Å². The number of hydrogen-bond donors (Lipinski definition) is 1. The number of methoxy groups -OCH3 is 1. The molecule has 1 aliphatic carbocycles. The summed E-state index contributed by atoms with van der Waals surface area (Å²) in [5.41, 5.74) is -2.40. The lowest BCUT2D eigenvalue weighted by atomic mass is 9.83. The number of anilines is 2. The van der Waals surface area contributed by atoms with Crippen LogP contribution in [0.15, 0.2) is 108 Å². The van der Waals surface area contributed by atoms with Crippen molar-refractivity contribution in [1.82, 2.24) is 0 Å². The quantitative estimate of drug-likeness (QED) is 0.0817. The average Bonchev–Trinajstić information content (AvgIpc) is 3.18. The third-order valence-corrected chi connectivity index (χ3v) is 13.3. The highest BCUT2D eigenvalue weighted by atomic mass is 28.3. The largest absolute Gasteiger partial charge is 0.478 e. The minimum Gasteiger partial charge on any atom is -0.478 e. The number of rotatable bonds is 9. The van der Waals surface area contributed by atoms with Crippen molar-refractivity contribution >= 4 is 47.6 Å². The zero-order valence-electron chi connectivity index (χ0n) is 29.5. The van der Waals surface area contributed by atoms with Crippen molar-refractivity contribution in [3.63, 3.8) is 0 Å². The van der Waals surface area contributed by atoms with Gasteiger partial charge in [0.15, 0.2) is 11.6 Å². The van der Waals surface area contributed by atoms with Gasteiger partial charge in [-0.3, -0.25) is 0 Å². The first kappa shape index (κ1) is 36.7. The number of carboxylic acid groups (broad SMARTS) is 1. The van der Waals surface area contributed by atoms with E-state index in [0.717, 1.165) is 40.3 Å². The van der Waals surface area contributed by atoms with Gasteiger partial charge in [-0.1, -0.05) is 55.6 Å². The number of para-hydroxylation sites is 2. The lowest BCUT2D eigenvalue weighted by Gasteiger charge is -2.38. The molecule has 4 aromatic rings. The zero-order chi connectivity index (χ0) is 38.2. The molecule has 0 fully saturated rings. The summed E-state index contributed by atoms with van der Waals surface area (Å²) in [6.07, 6.45) is 5.46. The van der Waals surface area contributed by atoms with Gasteiger partial charge >= 0.3 is 5.97 Å². The van der Waals surface area contributed by atoms with Crippen LogP contribution in [0.1, 0.15) is 27.0 Å². The van der Waals surface area contributed by atoms with Gasteiger partial charge in [-0.2, -0.15) is 15.1 Å². The van der Waals surface area contributed by atoms with Crippen LogP contribution in [0.3, 0.4) is 0 Å². The van der Waals surface area contributed by atoms with Gasteiger partial charge in [0.05, 0.1) is 5.56 Å². The highest BCUT2D eigenvalue weighted by molar-refractivity contribution is 6.98. The molecule has 1 aliphatic heterocycles. The molecule has 266 valence electrons. The number of nitrogens with zero attached hydrogens (tertiary/aromatic N) is 4. The molecule has 0 saturated heterocycles. The van der Waals surface area contributed by atoms with Crippen LogP contribution < -0.4 is 10.1 Å². The Labute approximate surface area is 305 Å². The molecule has 1 heterocycles. The number of hydrogen-bond acceptors (Lipinski definition) is 6. The number of ether oxygens (including phenoxy) is 2. The van der Waals surface area contributed by atoms with Gasteiger partial charge in [-0.25, -0.2) is 18.0 Å². The van der Waals surface area contributed by atoms with Gasteiger partial charge in [-0.15, -0.1) is 0 Å². The van der Waals surface area contributed by atoms with Crippen LogP contribution in [0, 0.1) is 40.1 Å². The summed E-state index contributed by atoms with van der Waals surface area (Å²) in [5.74, 6) is -7.55. The predicted molar refractivity (Wildman–Crippen MR) is 198 cm³/mol. The number of aromatic carboxylic acids is 1. The molecule has 0 spiro atoms. The van der Waals surface area contributed by atoms with Crippen molar-refractivity contribution in [3.05, 3.63) is 148 Å². The van der Waals surface area contributed by atoms with E-state index in [4.69, 9.17) is 9.47 Å². The number of nitriles is 2. The number of fused-ring (bicyclic) bond motifs is 2. The van der Waals surface area contributed by atoms with E-state index >= 15 is 13.2 Å². The fraction of sp³-hybridized carbons (Fsp3) is 0.171. The highest BCUT2D eigenvalue weighted by Crippen LogP contribution is 2.46. The van der Waals surface area contributed by atoms with E-state index in [0.29, 0.717) is 11.1 Å². The lowest BCUT2D eigenvalue weighted by molar-refractivity contribution is -0.403. The van der Waals surface area contributed by atoms with Crippen LogP contribution in [-0.2, 0) is 15.1 Å². The maximum atomic E-state index is 17.3. The predicted octanol–water partition coefficient (Wildman–Crippen LogP) is 7.61. The van der Waals surface area contributed by atoms with E-state index in [2.05, 4.69) is 13.1 Å². The van der Waals surface area contributed by atoms with Gasteiger partial charge in [-0.05, 0) is 57.4 Å². The first-order chi connectivity index (χ1) is 25.3. The maximum absolute atomic E-state index is 17.3. The number of benzene rings is 4. The Bertz CT molecular complexity index is 2360. The number of carboxylic acids is 1. The van der Waals surface area contributed by atoms with E-state index < -0.39 is 60.6 Å². The van der Waals surface area contributed by atoms with E-state index in [1.54, 1.807) is 24.3 Å². The molecule has 0 atom stereocenters. The van der Waals surface area contributed by atoms with Gasteiger partial charge in [0, 0.05) is 55.4 Å². The molecule has 53 heavy (non-hydrogen) atoms. The summed E-state index contributed by atoms with van der Waals surface area (Å²) >= 11 is 0. The second-order valence-electron chi connectivity index (χ2n) is 13.1. The van der Waals surface area contributed by atoms with E-state index in [1.165, 1.54) is 12.1 Å². The van der Waals surface area contributed by atoms with Crippen molar-refractivity contribution in [2.75, 3.05) is 32.9 Å². The smallest absolute Gasteiger partial charge is 0.339 e. The Balaban J connectivity index is 1.75. The first-order valence-corrected chi connectivity index (χ1v) is 19.5. The molecule has 4 aromatic carbocycles. The van der Waals surface area contributed by atoms with Crippen LogP contribution in [0.4, 0.5) is 30.2 Å². The fourth-order valence-electron chi connectivity index (χ4n) is 6.94. The Morgan fingerprint density at radius 3 is 2.17 bits per heavy atom. The number of allylic oxidation sites excluding steroid dienone is 5. The van der Waals surface area contributed by atoms with Crippen molar-refractivity contribution in [3.8, 4) is 12.1 Å². The Kier molecular flexibility index (Phi) is 9.82. The van der Waals surface area contributed by atoms with Crippen molar-refractivity contribution in [1.29, 1.82) is 10.5 Å². The van der Waals surface area contributed by atoms with E-state index in [-0.39, 0.29) is 5.57 Å². The topological polar surface area (TPSA) is 110 Å². The summed E-state index contributed by atoms with van der Waals surface area (Å²) in [6.45, 7) is 3.47. The summed E-state index contributed by atoms with van der Waals surface area (Å²) in [7, 11) is 2.17. The van der Waals surface area contributed by atoms with E-state index in [9.17, 15) is 20.4 Å². The molecule has 0 unspecified atom stereocenters. The summed E-state index contributed by atoms with van der Waals surface area (Å²) in [6, 6.07) is 27.6. The van der Waals surface area contributed by atoms with Crippen LogP contribution >= 0.6 is 0 Å². The molecule has 12 heteroatoms. The minimum absolute atomic E-state index is 0.0313. The Morgan fingerprint density at radius 2 is 1.57 bits per heavy atom. The van der Waals surface area contributed by atoms with Crippen LogP contribution in [0.2, 0.25) is 13.1 Å². The summed E-state index contributed by atoms with van der Waals surface area (Å²) in [5, 5.41) is 32.1. The molecule has 2 aliphatic rings. The highest BCUT2D eigenvalue weighted by Gasteiger charge is 2.47. The molecule has 0 bridgehead atoms. The third kappa shape index (κ3) is 6.07. The van der Waals surface area contributed by atoms with Gasteiger partial charge in [0.25, 0.3) is 5.60 Å². The van der Waals surface area contributed by atoms with Crippen LogP contribution in [0.25, 0.3) is 5.57 Å². The molecular weight excluding hydrogens is 698 g/mol. The number of halogens is 3. The maximum Gasteiger partial charge on any atom is 0.339 e. The SMILES string of the molecule is COCOC(C#N)(C#N)c1c(F)c(F)c(C(=O)O)c(C2=C3C=CC(=[N+](C)c4ccccc4)C=C3[Si](C)(C)c3cc(N(C)c4ccccc4)ccc32)c1F. The molecular formula is C41H34F3N4O4Si+. The van der Waals surface area contributed by atoms with Gasteiger partial charge < -0.3 is 19.5 Å². The average molecular weight is 732 g/mol. The molecule has 0 radical (unpaired) electrons. The summed E-state index contributed by atoms with van der Waals surface area (Å²) < 4.78 is 61.5. The van der Waals surface area contributed by atoms with Crippen LogP contribution in [-0.4, -0.2) is 57.4 Å². The Morgan fingerprint density at radius 1 is 0.925 bits per heavy atom. The van der Waals surface area contributed by atoms with Gasteiger partial charge in [0.2, 0.25) is 11.4 Å². The Hall–Kier alpha value is -6.05. The van der Waals surface area contributed by atoms with E-state index in [1.807, 2.05) is 96.4 Å². The normalized spacial score (nSPS) is 15.5. The van der Waals surface area contributed by atoms with Gasteiger partial charge in [0.1, 0.15) is 45.4 Å². The molecule has 8 nitrogen and oxygen atoms in total. The second kappa shape index (κ2) is 14.2. The fourth-order valence-corrected chi connectivity index (χ4v) is 10.0. The van der Waals surface area contributed by atoms with Crippen LogP contribution in [0.5, 0.6) is 0 Å². The third-order valence-electron chi connectivity index (χ3n) is 9.80. The zero-order valence-corrected chi connectivity index (χ0v) is 30.5.